The molecule has 3 rings (SSSR count). The van der Waals surface area contributed by atoms with Gasteiger partial charge in [-0.1, -0.05) is 6.07 Å². The number of benzene rings is 2. The van der Waals surface area contributed by atoms with Gasteiger partial charge in [-0.25, -0.2) is 4.39 Å². The third kappa shape index (κ3) is 2.65. The predicted octanol–water partition coefficient (Wildman–Crippen LogP) is 4.07. The molecule has 2 N–H and O–H groups in total. The third-order valence-electron chi connectivity index (χ3n) is 3.39. The normalized spacial score (nSPS) is 11.8. The molecule has 0 spiro atoms. The molecule has 1 aromatic heterocycles. The Morgan fingerprint density at radius 3 is 2.43 bits per heavy atom. The van der Waals surface area contributed by atoms with Crippen LogP contribution >= 0.6 is 0 Å². The van der Waals surface area contributed by atoms with Crippen LogP contribution in [-0.2, 0) is 6.18 Å². The van der Waals surface area contributed by atoms with Gasteiger partial charge in [0, 0.05) is 16.6 Å². The van der Waals surface area contributed by atoms with E-state index in [1.807, 2.05) is 0 Å². The highest BCUT2D eigenvalue weighted by molar-refractivity contribution is 6.03. The summed E-state index contributed by atoms with van der Waals surface area (Å²) in [6.07, 6.45) is -4.74. The monoisotopic (exact) mass is 322 g/mol. The fraction of sp³-hybridized carbons (Fsp3) is 0.0625. The van der Waals surface area contributed by atoms with Crippen molar-refractivity contribution in [2.75, 3.05) is 5.73 Å². The summed E-state index contributed by atoms with van der Waals surface area (Å²) in [6.45, 7) is 0. The van der Waals surface area contributed by atoms with E-state index >= 15 is 0 Å². The van der Waals surface area contributed by atoms with Crippen molar-refractivity contribution in [2.24, 2.45) is 0 Å². The number of anilines is 1. The van der Waals surface area contributed by atoms with Crippen LogP contribution in [0.3, 0.4) is 0 Å². The Hall–Kier alpha value is -2.83. The van der Waals surface area contributed by atoms with Crippen LogP contribution in [0.1, 0.15) is 16.1 Å². The summed E-state index contributed by atoms with van der Waals surface area (Å²) in [5.74, 6) is -1.67. The number of carbonyl (C=O) groups excluding carboxylic acids is 1. The number of carbonyl (C=O) groups is 1. The van der Waals surface area contributed by atoms with Crippen molar-refractivity contribution in [1.82, 2.24) is 4.57 Å². The van der Waals surface area contributed by atoms with Gasteiger partial charge in [-0.05, 0) is 42.5 Å². The minimum Gasteiger partial charge on any atom is -0.399 e. The Morgan fingerprint density at radius 2 is 1.78 bits per heavy atom. The second kappa shape index (κ2) is 5.12. The third-order valence-corrected chi connectivity index (χ3v) is 3.39. The zero-order chi connectivity index (χ0) is 16.8. The van der Waals surface area contributed by atoms with Crippen molar-refractivity contribution in [3.63, 3.8) is 0 Å². The van der Waals surface area contributed by atoms with Gasteiger partial charge in [-0.2, -0.15) is 13.2 Å². The lowest BCUT2D eigenvalue weighted by Crippen LogP contribution is -2.20. The van der Waals surface area contributed by atoms with Gasteiger partial charge >= 0.3 is 6.18 Å². The van der Waals surface area contributed by atoms with Gasteiger partial charge in [0.1, 0.15) is 11.5 Å². The maximum Gasteiger partial charge on any atom is 0.431 e. The average molecular weight is 322 g/mol. The lowest BCUT2D eigenvalue weighted by Gasteiger charge is -2.12. The molecule has 0 fully saturated rings. The van der Waals surface area contributed by atoms with Crippen molar-refractivity contribution in [1.29, 1.82) is 0 Å². The number of rotatable bonds is 1. The molecule has 0 saturated heterocycles. The number of aromatic nitrogens is 1. The van der Waals surface area contributed by atoms with E-state index in [0.29, 0.717) is 4.57 Å². The molecule has 0 aliphatic rings. The largest absolute Gasteiger partial charge is 0.431 e. The SMILES string of the molecule is Nc1ccc2c(c1)cc(C(F)(F)F)n2C(=O)c1cccc(F)c1. The molecule has 3 nitrogen and oxygen atoms in total. The smallest absolute Gasteiger partial charge is 0.399 e. The zero-order valence-corrected chi connectivity index (χ0v) is 11.6. The summed E-state index contributed by atoms with van der Waals surface area (Å²) < 4.78 is 53.6. The molecule has 0 atom stereocenters. The van der Waals surface area contributed by atoms with Crippen molar-refractivity contribution < 1.29 is 22.4 Å². The Morgan fingerprint density at radius 1 is 1.04 bits per heavy atom. The molecule has 0 aliphatic carbocycles. The number of nitrogens with zero attached hydrogens (tertiary/aromatic N) is 1. The second-order valence-electron chi connectivity index (χ2n) is 5.00. The van der Waals surface area contributed by atoms with Crippen molar-refractivity contribution in [3.05, 3.63) is 65.6 Å². The first-order chi connectivity index (χ1) is 10.8. The molecule has 0 aliphatic heterocycles. The van der Waals surface area contributed by atoms with Crippen molar-refractivity contribution in [3.8, 4) is 0 Å². The number of halogens is 4. The van der Waals surface area contributed by atoms with E-state index in [4.69, 9.17) is 5.73 Å². The first-order valence-electron chi connectivity index (χ1n) is 6.56. The second-order valence-corrected chi connectivity index (χ2v) is 5.00. The lowest BCUT2D eigenvalue weighted by atomic mass is 10.2. The highest BCUT2D eigenvalue weighted by Crippen LogP contribution is 2.35. The Balaban J connectivity index is 2.28. The molecule has 2 aromatic carbocycles. The molecular formula is C16H10F4N2O. The van der Waals surface area contributed by atoms with Crippen LogP contribution in [0.15, 0.2) is 48.5 Å². The quantitative estimate of drug-likeness (QED) is 0.542. The maximum atomic E-state index is 13.3. The van der Waals surface area contributed by atoms with Gasteiger partial charge in [0.05, 0.1) is 5.52 Å². The zero-order valence-electron chi connectivity index (χ0n) is 11.6. The van der Waals surface area contributed by atoms with E-state index < -0.39 is 23.6 Å². The lowest BCUT2D eigenvalue weighted by molar-refractivity contribution is -0.142. The standard InChI is InChI=1S/C16H10F4N2O/c17-11-3-1-2-9(6-11)15(23)22-13-5-4-12(21)7-10(13)8-14(22)16(18,19)20/h1-8H,21H2. The fourth-order valence-electron chi connectivity index (χ4n) is 2.41. The van der Waals surface area contributed by atoms with Crippen LogP contribution in [0.25, 0.3) is 10.9 Å². The molecule has 1 heterocycles. The van der Waals surface area contributed by atoms with Gasteiger partial charge in [0.2, 0.25) is 0 Å². The van der Waals surface area contributed by atoms with Gasteiger partial charge in [-0.3, -0.25) is 9.36 Å². The molecule has 3 aromatic rings. The van der Waals surface area contributed by atoms with Gasteiger partial charge in [0.25, 0.3) is 5.91 Å². The van der Waals surface area contributed by atoms with Gasteiger partial charge < -0.3 is 5.73 Å². The van der Waals surface area contributed by atoms with E-state index in [2.05, 4.69) is 0 Å². The van der Waals surface area contributed by atoms with Crippen LogP contribution in [0.4, 0.5) is 23.2 Å². The predicted molar refractivity (Wildman–Crippen MR) is 77.5 cm³/mol. The average Bonchev–Trinajstić information content (AvgIpc) is 2.85. The maximum absolute atomic E-state index is 13.3. The number of hydrogen-bond donors (Lipinski definition) is 1. The first kappa shape index (κ1) is 15.1. The molecular weight excluding hydrogens is 312 g/mol. The summed E-state index contributed by atoms with van der Waals surface area (Å²) in [4.78, 5) is 12.5. The van der Waals surface area contributed by atoms with E-state index in [9.17, 15) is 22.4 Å². The molecule has 0 amide bonds. The van der Waals surface area contributed by atoms with Crippen LogP contribution in [0, 0.1) is 5.82 Å². The Labute approximate surface area is 127 Å². The highest BCUT2D eigenvalue weighted by atomic mass is 19.4. The van der Waals surface area contributed by atoms with E-state index in [1.54, 1.807) is 0 Å². The minimum atomic E-state index is -4.74. The fourth-order valence-corrected chi connectivity index (χ4v) is 2.41. The summed E-state index contributed by atoms with van der Waals surface area (Å²) in [7, 11) is 0. The molecule has 0 bridgehead atoms. The number of nitrogen functional groups attached to an aromatic ring is 1. The topological polar surface area (TPSA) is 48.0 Å². The van der Waals surface area contributed by atoms with Crippen LogP contribution in [-0.4, -0.2) is 10.5 Å². The van der Waals surface area contributed by atoms with Crippen molar-refractivity contribution >= 4 is 22.5 Å². The molecule has 0 unspecified atom stereocenters. The summed E-state index contributed by atoms with van der Waals surface area (Å²) in [5, 5.41) is 0.182. The summed E-state index contributed by atoms with van der Waals surface area (Å²) in [5.41, 5.74) is 4.60. The highest BCUT2D eigenvalue weighted by Gasteiger charge is 2.37. The van der Waals surface area contributed by atoms with Gasteiger partial charge in [0.15, 0.2) is 0 Å². The van der Waals surface area contributed by atoms with Crippen molar-refractivity contribution in [2.45, 2.75) is 6.18 Å². The minimum absolute atomic E-state index is 0.0563. The van der Waals surface area contributed by atoms with Gasteiger partial charge in [-0.15, -0.1) is 0 Å². The van der Waals surface area contributed by atoms with Crippen LogP contribution in [0.2, 0.25) is 0 Å². The molecule has 7 heteroatoms. The number of fused-ring (bicyclic) bond motifs is 1. The Bertz CT molecular complexity index is 912. The molecule has 0 radical (unpaired) electrons. The van der Waals surface area contributed by atoms with E-state index in [1.165, 1.54) is 30.3 Å². The number of hydrogen-bond acceptors (Lipinski definition) is 2. The van der Waals surface area contributed by atoms with Crippen LogP contribution in [0.5, 0.6) is 0 Å². The van der Waals surface area contributed by atoms with E-state index in [-0.39, 0.29) is 22.2 Å². The Kier molecular flexibility index (Phi) is 3.35. The summed E-state index contributed by atoms with van der Waals surface area (Å²) in [6, 6.07) is 9.45. The number of nitrogens with two attached hydrogens (primary N) is 1. The summed E-state index contributed by atoms with van der Waals surface area (Å²) >= 11 is 0. The molecule has 23 heavy (non-hydrogen) atoms. The number of alkyl halides is 3. The van der Waals surface area contributed by atoms with E-state index in [0.717, 1.165) is 18.2 Å². The molecule has 118 valence electrons. The molecule has 0 saturated carbocycles. The van der Waals surface area contributed by atoms with Crippen LogP contribution < -0.4 is 5.73 Å². The first-order valence-corrected chi connectivity index (χ1v) is 6.56.